The molecule has 100 valence electrons. The summed E-state index contributed by atoms with van der Waals surface area (Å²) >= 11 is 2.32. The quantitative estimate of drug-likeness (QED) is 0.448. The van der Waals surface area contributed by atoms with E-state index < -0.39 is 11.6 Å². The molecule has 0 saturated heterocycles. The molecule has 0 atom stereocenters. The molecule has 0 radical (unpaired) electrons. The fourth-order valence-electron chi connectivity index (χ4n) is 1.52. The van der Waals surface area contributed by atoms with Gasteiger partial charge in [0.05, 0.1) is 6.42 Å². The summed E-state index contributed by atoms with van der Waals surface area (Å²) in [5.74, 6) is -1.96. The van der Waals surface area contributed by atoms with Gasteiger partial charge in [-0.05, 0) is 35.0 Å². The number of benzene rings is 1. The summed E-state index contributed by atoms with van der Waals surface area (Å²) in [6, 6.07) is 3.53. The molecule has 0 saturated carbocycles. The molecule has 0 bridgehead atoms. The second kappa shape index (κ2) is 8.39. The number of hydrogen-bond donors (Lipinski definition) is 1. The standard InChI is InChI=1S/C13H16F2INO/c14-11-5-4-10(8-12(11)15)9-13(18)17-7-3-1-2-6-16/h4-5,8H,1-3,6-7,9H2,(H,17,18). The number of rotatable bonds is 7. The average Bonchev–Trinajstić information content (AvgIpc) is 2.34. The highest BCUT2D eigenvalue weighted by molar-refractivity contribution is 14.1. The van der Waals surface area contributed by atoms with Crippen molar-refractivity contribution in [3.8, 4) is 0 Å². The van der Waals surface area contributed by atoms with Gasteiger partial charge in [-0.1, -0.05) is 35.1 Å². The van der Waals surface area contributed by atoms with Crippen molar-refractivity contribution in [1.82, 2.24) is 5.32 Å². The fraction of sp³-hybridized carbons (Fsp3) is 0.462. The van der Waals surface area contributed by atoms with E-state index in [0.29, 0.717) is 12.1 Å². The van der Waals surface area contributed by atoms with Gasteiger partial charge in [0.2, 0.25) is 5.91 Å². The Morgan fingerprint density at radius 2 is 1.94 bits per heavy atom. The third-order valence-corrected chi connectivity index (χ3v) is 3.24. The third-order valence-electron chi connectivity index (χ3n) is 2.48. The number of alkyl halides is 1. The average molecular weight is 367 g/mol. The van der Waals surface area contributed by atoms with Gasteiger partial charge in [-0.2, -0.15) is 0 Å². The molecule has 0 unspecified atom stereocenters. The van der Waals surface area contributed by atoms with Gasteiger partial charge < -0.3 is 5.32 Å². The van der Waals surface area contributed by atoms with E-state index >= 15 is 0 Å². The van der Waals surface area contributed by atoms with Crippen LogP contribution in [0.2, 0.25) is 0 Å². The molecule has 2 nitrogen and oxygen atoms in total. The summed E-state index contributed by atoms with van der Waals surface area (Å²) in [5.41, 5.74) is 0.485. The van der Waals surface area contributed by atoms with Crippen LogP contribution in [-0.2, 0) is 11.2 Å². The number of carbonyl (C=O) groups excluding carboxylic acids is 1. The van der Waals surface area contributed by atoms with Crippen LogP contribution in [0.25, 0.3) is 0 Å². The molecule has 0 aliphatic carbocycles. The number of carbonyl (C=O) groups is 1. The third kappa shape index (κ3) is 5.75. The SMILES string of the molecule is O=C(Cc1ccc(F)c(F)c1)NCCCCCI. The van der Waals surface area contributed by atoms with Crippen LogP contribution in [0.3, 0.4) is 0 Å². The van der Waals surface area contributed by atoms with E-state index in [1.165, 1.54) is 6.07 Å². The molecule has 1 amide bonds. The molecule has 1 N–H and O–H groups in total. The summed E-state index contributed by atoms with van der Waals surface area (Å²) in [6.45, 7) is 0.638. The van der Waals surface area contributed by atoms with E-state index in [0.717, 1.165) is 35.8 Å². The Labute approximate surface area is 119 Å². The van der Waals surface area contributed by atoms with Gasteiger partial charge in [0.1, 0.15) is 0 Å². The summed E-state index contributed by atoms with van der Waals surface area (Å²) in [7, 11) is 0. The Balaban J connectivity index is 2.29. The van der Waals surface area contributed by atoms with E-state index in [1.807, 2.05) is 0 Å². The van der Waals surface area contributed by atoms with Crippen molar-refractivity contribution in [3.05, 3.63) is 35.4 Å². The summed E-state index contributed by atoms with van der Waals surface area (Å²) in [5, 5.41) is 2.77. The predicted octanol–water partition coefficient (Wildman–Crippen LogP) is 3.23. The lowest BCUT2D eigenvalue weighted by atomic mass is 10.1. The van der Waals surface area contributed by atoms with Crippen LogP contribution in [0.1, 0.15) is 24.8 Å². The lowest BCUT2D eigenvalue weighted by Gasteiger charge is -2.05. The number of unbranched alkanes of at least 4 members (excludes halogenated alkanes) is 2. The van der Waals surface area contributed by atoms with Crippen LogP contribution in [0, 0.1) is 11.6 Å². The zero-order valence-corrected chi connectivity index (χ0v) is 12.2. The first-order valence-electron chi connectivity index (χ1n) is 5.90. The van der Waals surface area contributed by atoms with E-state index in [-0.39, 0.29) is 12.3 Å². The molecule has 0 aliphatic heterocycles. The van der Waals surface area contributed by atoms with E-state index in [1.54, 1.807) is 0 Å². The van der Waals surface area contributed by atoms with Crippen LogP contribution in [-0.4, -0.2) is 16.9 Å². The van der Waals surface area contributed by atoms with Gasteiger partial charge in [-0.25, -0.2) is 8.78 Å². The molecular formula is C13H16F2INO. The van der Waals surface area contributed by atoms with Crippen LogP contribution in [0.4, 0.5) is 8.78 Å². The molecule has 0 heterocycles. The zero-order chi connectivity index (χ0) is 13.4. The highest BCUT2D eigenvalue weighted by Gasteiger charge is 2.06. The molecule has 5 heteroatoms. The monoisotopic (exact) mass is 367 g/mol. The van der Waals surface area contributed by atoms with Crippen molar-refractivity contribution in [2.75, 3.05) is 11.0 Å². The summed E-state index contributed by atoms with van der Waals surface area (Å²) in [6.07, 6.45) is 3.28. The highest BCUT2D eigenvalue weighted by atomic mass is 127. The smallest absolute Gasteiger partial charge is 0.224 e. The zero-order valence-electron chi connectivity index (χ0n) is 10.0. The first kappa shape index (κ1) is 15.3. The second-order valence-electron chi connectivity index (χ2n) is 4.02. The maximum absolute atomic E-state index is 12.9. The van der Waals surface area contributed by atoms with E-state index in [2.05, 4.69) is 27.9 Å². The Morgan fingerprint density at radius 1 is 1.17 bits per heavy atom. The maximum Gasteiger partial charge on any atom is 0.224 e. The molecule has 1 rings (SSSR count). The summed E-state index contributed by atoms with van der Waals surface area (Å²) < 4.78 is 26.7. The second-order valence-corrected chi connectivity index (χ2v) is 5.10. The van der Waals surface area contributed by atoms with Crippen molar-refractivity contribution in [3.63, 3.8) is 0 Å². The molecular weight excluding hydrogens is 351 g/mol. The Morgan fingerprint density at radius 3 is 2.61 bits per heavy atom. The molecule has 0 aliphatic rings. The number of halogens is 3. The first-order chi connectivity index (χ1) is 8.63. The Bertz CT molecular complexity index is 399. The minimum Gasteiger partial charge on any atom is -0.356 e. The van der Waals surface area contributed by atoms with Gasteiger partial charge in [0.15, 0.2) is 11.6 Å². The lowest BCUT2D eigenvalue weighted by Crippen LogP contribution is -2.26. The van der Waals surface area contributed by atoms with Crippen LogP contribution in [0.15, 0.2) is 18.2 Å². The van der Waals surface area contributed by atoms with Gasteiger partial charge in [-0.15, -0.1) is 0 Å². The Hall–Kier alpha value is -0.720. The molecule has 18 heavy (non-hydrogen) atoms. The van der Waals surface area contributed by atoms with Crippen LogP contribution < -0.4 is 5.32 Å². The molecule has 0 fully saturated rings. The maximum atomic E-state index is 12.9. The highest BCUT2D eigenvalue weighted by Crippen LogP contribution is 2.09. The van der Waals surface area contributed by atoms with Crippen LogP contribution in [0.5, 0.6) is 0 Å². The Kier molecular flexibility index (Phi) is 7.15. The predicted molar refractivity (Wildman–Crippen MR) is 75.8 cm³/mol. The number of nitrogens with one attached hydrogen (secondary N) is 1. The van der Waals surface area contributed by atoms with Crippen molar-refractivity contribution < 1.29 is 13.6 Å². The van der Waals surface area contributed by atoms with E-state index in [9.17, 15) is 13.6 Å². The van der Waals surface area contributed by atoms with Gasteiger partial charge >= 0.3 is 0 Å². The molecule has 0 spiro atoms. The van der Waals surface area contributed by atoms with Crippen molar-refractivity contribution in [2.24, 2.45) is 0 Å². The largest absolute Gasteiger partial charge is 0.356 e. The number of amides is 1. The van der Waals surface area contributed by atoms with Crippen molar-refractivity contribution in [2.45, 2.75) is 25.7 Å². The minimum atomic E-state index is -0.914. The normalized spacial score (nSPS) is 10.4. The number of hydrogen-bond acceptors (Lipinski definition) is 1. The summed E-state index contributed by atoms with van der Waals surface area (Å²) in [4.78, 5) is 11.5. The first-order valence-corrected chi connectivity index (χ1v) is 7.42. The molecule has 0 aromatic heterocycles. The van der Waals surface area contributed by atoms with Crippen LogP contribution >= 0.6 is 22.6 Å². The van der Waals surface area contributed by atoms with Gasteiger partial charge in [0.25, 0.3) is 0 Å². The van der Waals surface area contributed by atoms with Gasteiger partial charge in [0, 0.05) is 6.54 Å². The van der Waals surface area contributed by atoms with Crippen molar-refractivity contribution in [1.29, 1.82) is 0 Å². The van der Waals surface area contributed by atoms with Gasteiger partial charge in [-0.3, -0.25) is 4.79 Å². The topological polar surface area (TPSA) is 29.1 Å². The molecule has 1 aromatic carbocycles. The lowest BCUT2D eigenvalue weighted by molar-refractivity contribution is -0.120. The molecule has 1 aromatic rings. The minimum absolute atomic E-state index is 0.0868. The fourth-order valence-corrected chi connectivity index (χ4v) is 2.06. The van der Waals surface area contributed by atoms with Crippen molar-refractivity contribution >= 4 is 28.5 Å². The van der Waals surface area contributed by atoms with E-state index in [4.69, 9.17) is 0 Å².